The Morgan fingerprint density at radius 2 is 1.04 bits per heavy atom. The van der Waals surface area contributed by atoms with Crippen LogP contribution in [-0.2, 0) is 0 Å². The lowest BCUT2D eigenvalue weighted by atomic mass is 9.99. The number of furan rings is 2. The summed E-state index contributed by atoms with van der Waals surface area (Å²) in [6, 6.07) is 60.1. The Bertz CT molecular complexity index is 3110. The van der Waals surface area contributed by atoms with Gasteiger partial charge in [0.25, 0.3) is 0 Å². The van der Waals surface area contributed by atoms with Gasteiger partial charge in [-0.15, -0.1) is 0 Å². The molecule has 4 nitrogen and oxygen atoms in total. The molecule has 0 radical (unpaired) electrons. The molecule has 0 bridgehead atoms. The van der Waals surface area contributed by atoms with E-state index in [1.807, 2.05) is 18.2 Å². The number of nitrogens with zero attached hydrogens (tertiary/aromatic N) is 2. The topological polar surface area (TPSA) is 34.5 Å². The van der Waals surface area contributed by atoms with Crippen molar-refractivity contribution in [2.75, 3.05) is 4.90 Å². The average Bonchev–Trinajstić information content (AvgIpc) is 3.84. The molecular weight excluding hydrogens is 613 g/mol. The highest BCUT2D eigenvalue weighted by atomic mass is 16.3. The molecule has 11 aromatic rings. The van der Waals surface area contributed by atoms with Crippen LogP contribution in [0.25, 0.3) is 82.1 Å². The van der Waals surface area contributed by atoms with Gasteiger partial charge in [-0.1, -0.05) is 103 Å². The minimum Gasteiger partial charge on any atom is -0.456 e. The minimum absolute atomic E-state index is 0.860. The molecule has 0 aliphatic heterocycles. The van der Waals surface area contributed by atoms with Crippen LogP contribution in [0.4, 0.5) is 17.1 Å². The van der Waals surface area contributed by atoms with Crippen molar-refractivity contribution in [2.24, 2.45) is 0 Å². The van der Waals surface area contributed by atoms with E-state index in [1.165, 1.54) is 10.8 Å². The summed E-state index contributed by atoms with van der Waals surface area (Å²) in [7, 11) is 0. The van der Waals surface area contributed by atoms with Crippen molar-refractivity contribution in [1.82, 2.24) is 4.57 Å². The molecule has 50 heavy (non-hydrogen) atoms. The number of hydrogen-bond acceptors (Lipinski definition) is 3. The van der Waals surface area contributed by atoms with Gasteiger partial charge in [0.1, 0.15) is 22.3 Å². The number of rotatable bonds is 4. The fourth-order valence-electron chi connectivity index (χ4n) is 8.04. The second-order valence-corrected chi connectivity index (χ2v) is 12.9. The van der Waals surface area contributed by atoms with Gasteiger partial charge in [-0.25, -0.2) is 0 Å². The van der Waals surface area contributed by atoms with Crippen LogP contribution >= 0.6 is 0 Å². The molecule has 4 heteroatoms. The molecular formula is C46H28N2O2. The van der Waals surface area contributed by atoms with E-state index in [0.29, 0.717) is 0 Å². The molecule has 0 saturated heterocycles. The van der Waals surface area contributed by atoms with Gasteiger partial charge in [-0.3, -0.25) is 0 Å². The normalized spacial score (nSPS) is 12.0. The zero-order chi connectivity index (χ0) is 32.8. The van der Waals surface area contributed by atoms with Crippen LogP contribution in [0.1, 0.15) is 0 Å². The Labute approximate surface area is 286 Å². The van der Waals surface area contributed by atoms with Gasteiger partial charge in [0.15, 0.2) is 0 Å². The molecule has 11 rings (SSSR count). The monoisotopic (exact) mass is 640 g/mol. The van der Waals surface area contributed by atoms with Crippen LogP contribution < -0.4 is 4.90 Å². The molecule has 0 amide bonds. The largest absolute Gasteiger partial charge is 0.456 e. The fourth-order valence-corrected chi connectivity index (χ4v) is 8.04. The van der Waals surface area contributed by atoms with Gasteiger partial charge in [0.2, 0.25) is 0 Å². The average molecular weight is 641 g/mol. The Balaban J connectivity index is 1.34. The Kier molecular flexibility index (Phi) is 5.63. The number of anilines is 3. The lowest BCUT2D eigenvalue weighted by molar-refractivity contribution is 0.668. The summed E-state index contributed by atoms with van der Waals surface area (Å²) < 4.78 is 15.3. The first-order valence-electron chi connectivity index (χ1n) is 16.9. The van der Waals surface area contributed by atoms with Crippen LogP contribution in [0.2, 0.25) is 0 Å². The van der Waals surface area contributed by atoms with E-state index in [2.05, 4.69) is 161 Å². The van der Waals surface area contributed by atoms with Crippen molar-refractivity contribution in [1.29, 1.82) is 0 Å². The van der Waals surface area contributed by atoms with E-state index in [4.69, 9.17) is 8.83 Å². The van der Waals surface area contributed by atoms with Gasteiger partial charge in [0.05, 0.1) is 27.8 Å². The lowest BCUT2D eigenvalue weighted by Crippen LogP contribution is -2.11. The summed E-state index contributed by atoms with van der Waals surface area (Å²) in [5.74, 6) is 0. The van der Waals surface area contributed by atoms with E-state index in [9.17, 15) is 0 Å². The summed E-state index contributed by atoms with van der Waals surface area (Å²) in [6.45, 7) is 0. The lowest BCUT2D eigenvalue weighted by Gasteiger charge is -2.28. The molecule has 234 valence electrons. The highest BCUT2D eigenvalue weighted by Crippen LogP contribution is 2.50. The van der Waals surface area contributed by atoms with Crippen LogP contribution in [0.15, 0.2) is 179 Å². The maximum absolute atomic E-state index is 6.61. The molecule has 3 heterocycles. The van der Waals surface area contributed by atoms with E-state index in [-0.39, 0.29) is 0 Å². The zero-order valence-electron chi connectivity index (χ0n) is 26.9. The van der Waals surface area contributed by atoms with E-state index in [1.54, 1.807) is 0 Å². The fraction of sp³-hybridized carbons (Fsp3) is 0. The second-order valence-electron chi connectivity index (χ2n) is 12.9. The Morgan fingerprint density at radius 3 is 1.90 bits per heavy atom. The molecule has 0 aliphatic rings. The van der Waals surface area contributed by atoms with Gasteiger partial charge in [0, 0.05) is 43.7 Å². The van der Waals surface area contributed by atoms with Gasteiger partial charge in [-0.2, -0.15) is 0 Å². The molecule has 0 spiro atoms. The molecule has 0 aliphatic carbocycles. The molecule has 0 atom stereocenters. The third-order valence-corrected chi connectivity index (χ3v) is 10.1. The number of benzene rings is 8. The van der Waals surface area contributed by atoms with Gasteiger partial charge >= 0.3 is 0 Å². The van der Waals surface area contributed by atoms with E-state index < -0.39 is 0 Å². The van der Waals surface area contributed by atoms with Crippen molar-refractivity contribution in [3.63, 3.8) is 0 Å². The molecule has 8 aromatic carbocycles. The molecule has 3 aromatic heterocycles. The SMILES string of the molecule is c1ccc(-n2c3ccccc3c3c(N(c4ccc5oc6ccccc6c5c4)c4c5ccccc5cc5oc6ccccc6c45)cccc32)cc1. The van der Waals surface area contributed by atoms with Crippen molar-refractivity contribution in [3.8, 4) is 5.69 Å². The summed E-state index contributed by atoms with van der Waals surface area (Å²) in [4.78, 5) is 2.46. The van der Waals surface area contributed by atoms with Crippen molar-refractivity contribution in [2.45, 2.75) is 0 Å². The van der Waals surface area contributed by atoms with Crippen molar-refractivity contribution in [3.05, 3.63) is 170 Å². The minimum atomic E-state index is 0.860. The van der Waals surface area contributed by atoms with Crippen molar-refractivity contribution < 1.29 is 8.83 Å². The maximum atomic E-state index is 6.61. The van der Waals surface area contributed by atoms with E-state index in [0.717, 1.165) is 88.4 Å². The molecule has 0 N–H and O–H groups in total. The van der Waals surface area contributed by atoms with E-state index >= 15 is 0 Å². The number of aromatic nitrogens is 1. The predicted octanol–water partition coefficient (Wildman–Crippen LogP) is 13.2. The van der Waals surface area contributed by atoms with Crippen LogP contribution in [0.5, 0.6) is 0 Å². The first kappa shape index (κ1) is 27.2. The summed E-state index contributed by atoms with van der Waals surface area (Å²) in [6.07, 6.45) is 0. The smallest absolute Gasteiger partial charge is 0.138 e. The Morgan fingerprint density at radius 1 is 0.400 bits per heavy atom. The Hall–Kier alpha value is -6.78. The van der Waals surface area contributed by atoms with Crippen LogP contribution in [-0.4, -0.2) is 4.57 Å². The zero-order valence-corrected chi connectivity index (χ0v) is 26.9. The number of fused-ring (bicyclic) bond motifs is 10. The number of hydrogen-bond donors (Lipinski definition) is 0. The molecule has 0 fully saturated rings. The van der Waals surface area contributed by atoms with Crippen LogP contribution in [0, 0.1) is 0 Å². The van der Waals surface area contributed by atoms with Gasteiger partial charge in [-0.05, 0) is 72.1 Å². The highest BCUT2D eigenvalue weighted by Gasteiger charge is 2.26. The third-order valence-electron chi connectivity index (χ3n) is 10.1. The van der Waals surface area contributed by atoms with Gasteiger partial charge < -0.3 is 18.3 Å². The summed E-state index contributed by atoms with van der Waals surface area (Å²) in [5, 5.41) is 8.98. The van der Waals surface area contributed by atoms with Crippen LogP contribution in [0.3, 0.4) is 0 Å². The standard InChI is InChI=1S/C46H28N2O2/c1-2-14-30(15-3-1)47-37-20-9-6-18-34(37)44-38(47)21-12-22-39(44)48(31-25-26-42-36(28-31)33-17-7-10-23-40(33)49-42)46-32-16-5-4-13-29(32)27-43-45(46)35-19-8-11-24-41(35)50-43/h1-28H. The first-order chi connectivity index (χ1) is 24.8. The first-order valence-corrected chi connectivity index (χ1v) is 16.9. The third kappa shape index (κ3) is 3.81. The number of para-hydroxylation sites is 4. The maximum Gasteiger partial charge on any atom is 0.138 e. The molecule has 0 saturated carbocycles. The quantitative estimate of drug-likeness (QED) is 0.192. The second kappa shape index (κ2) is 10.4. The molecule has 0 unspecified atom stereocenters. The van der Waals surface area contributed by atoms with Crippen molar-refractivity contribution >= 4 is 93.5 Å². The predicted molar refractivity (Wildman–Crippen MR) is 208 cm³/mol. The summed E-state index contributed by atoms with van der Waals surface area (Å²) >= 11 is 0. The summed E-state index contributed by atoms with van der Waals surface area (Å²) in [5.41, 5.74) is 10.1. The highest BCUT2D eigenvalue weighted by molar-refractivity contribution is 6.25.